The maximum absolute atomic E-state index is 12.5. The van der Waals surface area contributed by atoms with E-state index in [2.05, 4.69) is 16.0 Å². The predicted molar refractivity (Wildman–Crippen MR) is 112 cm³/mol. The van der Waals surface area contributed by atoms with Gasteiger partial charge in [0.1, 0.15) is 42.5 Å². The minimum Gasteiger partial charge on any atom is -0.481 e. The Bertz CT molecular complexity index is 765. The van der Waals surface area contributed by atoms with E-state index in [9.17, 15) is 39.3 Å². The van der Waals surface area contributed by atoms with Crippen molar-refractivity contribution in [1.82, 2.24) is 16.0 Å². The standard InChI is InChI=1S/C19H32N4O11/c1-7(17(30)23-10(16(20)29)4-5-12(26)27)21-18(31)8(2)33-15-11(6-24)34-19(32)13(14(15)28)22-9(3)25/h7-8,10-11,13-15,19,24,28,32H,4-6H2,1-3H3,(H2,20,29)(H,21,31)(H,22,25)(H,23,30)(H,26,27)/t7-,8+,10-,11+,13+,14+,15+,19?/m0/s1. The molecule has 0 aliphatic carbocycles. The van der Waals surface area contributed by atoms with Gasteiger partial charge in [-0.05, 0) is 20.3 Å². The molecule has 15 nitrogen and oxygen atoms in total. The smallest absolute Gasteiger partial charge is 0.303 e. The first kappa shape index (κ1) is 29.2. The molecule has 0 saturated carbocycles. The van der Waals surface area contributed by atoms with Crippen LogP contribution in [-0.2, 0) is 33.4 Å². The van der Waals surface area contributed by atoms with Crippen LogP contribution < -0.4 is 21.7 Å². The molecule has 1 heterocycles. The van der Waals surface area contributed by atoms with Crippen molar-refractivity contribution in [3.8, 4) is 0 Å². The normalized spacial score (nSPS) is 27.1. The number of aliphatic hydroxyl groups is 3. The fourth-order valence-electron chi connectivity index (χ4n) is 3.18. The lowest BCUT2D eigenvalue weighted by Crippen LogP contribution is -2.65. The second kappa shape index (κ2) is 13.1. The summed E-state index contributed by atoms with van der Waals surface area (Å²) in [6.07, 6.45) is -7.68. The zero-order valence-corrected chi connectivity index (χ0v) is 19.0. The number of rotatable bonds is 12. The first-order valence-electron chi connectivity index (χ1n) is 10.4. The van der Waals surface area contributed by atoms with Gasteiger partial charge in [0.2, 0.25) is 23.6 Å². The van der Waals surface area contributed by atoms with Crippen molar-refractivity contribution in [3.05, 3.63) is 0 Å². The zero-order valence-electron chi connectivity index (χ0n) is 19.0. The first-order chi connectivity index (χ1) is 15.8. The molecule has 0 spiro atoms. The van der Waals surface area contributed by atoms with E-state index in [0.717, 1.165) is 6.92 Å². The Morgan fingerprint density at radius 2 is 1.71 bits per heavy atom. The highest BCUT2D eigenvalue weighted by Crippen LogP contribution is 2.23. The van der Waals surface area contributed by atoms with E-state index in [0.29, 0.717) is 0 Å². The summed E-state index contributed by atoms with van der Waals surface area (Å²) in [6.45, 7) is 3.07. The highest BCUT2D eigenvalue weighted by atomic mass is 16.6. The predicted octanol–water partition coefficient (Wildman–Crippen LogP) is -4.33. The lowest BCUT2D eigenvalue weighted by Gasteiger charge is -2.43. The summed E-state index contributed by atoms with van der Waals surface area (Å²) in [7, 11) is 0. The van der Waals surface area contributed by atoms with E-state index >= 15 is 0 Å². The van der Waals surface area contributed by atoms with E-state index in [1.165, 1.54) is 13.8 Å². The van der Waals surface area contributed by atoms with Gasteiger partial charge in [-0.3, -0.25) is 24.0 Å². The molecule has 1 saturated heterocycles. The molecule has 1 fully saturated rings. The van der Waals surface area contributed by atoms with Crippen LogP contribution in [0.2, 0.25) is 0 Å². The van der Waals surface area contributed by atoms with Crippen LogP contribution in [0.1, 0.15) is 33.6 Å². The van der Waals surface area contributed by atoms with Crippen molar-refractivity contribution in [2.75, 3.05) is 6.61 Å². The molecule has 8 atom stereocenters. The van der Waals surface area contributed by atoms with E-state index in [4.69, 9.17) is 20.3 Å². The third kappa shape index (κ3) is 8.49. The van der Waals surface area contributed by atoms with Crippen molar-refractivity contribution in [2.45, 2.75) is 82.4 Å². The molecule has 9 N–H and O–H groups in total. The van der Waals surface area contributed by atoms with Gasteiger partial charge in [-0.15, -0.1) is 0 Å². The van der Waals surface area contributed by atoms with Crippen LogP contribution >= 0.6 is 0 Å². The number of carbonyl (C=O) groups excluding carboxylic acids is 4. The molecule has 0 aromatic heterocycles. The van der Waals surface area contributed by atoms with Crippen LogP contribution in [0.5, 0.6) is 0 Å². The average molecular weight is 492 g/mol. The van der Waals surface area contributed by atoms with Gasteiger partial charge in [0.25, 0.3) is 0 Å². The molecular weight excluding hydrogens is 460 g/mol. The third-order valence-electron chi connectivity index (χ3n) is 5.03. The van der Waals surface area contributed by atoms with Gasteiger partial charge < -0.3 is 51.6 Å². The summed E-state index contributed by atoms with van der Waals surface area (Å²) in [5.41, 5.74) is 5.16. The number of nitrogens with two attached hydrogens (primary N) is 1. The van der Waals surface area contributed by atoms with Crippen molar-refractivity contribution < 1.29 is 53.9 Å². The van der Waals surface area contributed by atoms with E-state index in [-0.39, 0.29) is 6.42 Å². The second-order valence-corrected chi connectivity index (χ2v) is 7.83. The number of carboxylic acid groups (broad SMARTS) is 1. The Morgan fingerprint density at radius 3 is 2.21 bits per heavy atom. The van der Waals surface area contributed by atoms with Gasteiger partial charge in [0.15, 0.2) is 6.29 Å². The first-order valence-corrected chi connectivity index (χ1v) is 10.4. The number of amides is 4. The number of aliphatic hydroxyl groups excluding tert-OH is 3. The molecule has 0 aromatic carbocycles. The zero-order chi connectivity index (χ0) is 26.2. The van der Waals surface area contributed by atoms with Gasteiger partial charge in [0.05, 0.1) is 6.61 Å². The molecule has 1 aliphatic rings. The summed E-state index contributed by atoms with van der Waals surface area (Å²) in [4.78, 5) is 58.2. The Hall–Kier alpha value is -2.85. The van der Waals surface area contributed by atoms with Crippen molar-refractivity contribution >= 4 is 29.6 Å². The summed E-state index contributed by atoms with van der Waals surface area (Å²) < 4.78 is 10.7. The van der Waals surface area contributed by atoms with Gasteiger partial charge >= 0.3 is 5.97 Å². The number of hydrogen-bond acceptors (Lipinski definition) is 10. The summed E-state index contributed by atoms with van der Waals surface area (Å²) >= 11 is 0. The molecule has 1 aliphatic heterocycles. The molecule has 0 bridgehead atoms. The second-order valence-electron chi connectivity index (χ2n) is 7.83. The Balaban J connectivity index is 2.76. The molecule has 1 unspecified atom stereocenters. The largest absolute Gasteiger partial charge is 0.481 e. The lowest BCUT2D eigenvalue weighted by molar-refractivity contribution is -0.268. The Morgan fingerprint density at radius 1 is 1.09 bits per heavy atom. The average Bonchev–Trinajstić information content (AvgIpc) is 2.74. The Labute approximate surface area is 195 Å². The van der Waals surface area contributed by atoms with Crippen LogP contribution in [0, 0.1) is 0 Å². The molecule has 0 radical (unpaired) electrons. The van der Waals surface area contributed by atoms with Gasteiger partial charge in [0, 0.05) is 13.3 Å². The lowest BCUT2D eigenvalue weighted by atomic mass is 9.96. The van der Waals surface area contributed by atoms with Crippen molar-refractivity contribution in [3.63, 3.8) is 0 Å². The minimum atomic E-state index is -1.64. The fraction of sp³-hybridized carbons (Fsp3) is 0.737. The molecule has 4 amide bonds. The molecule has 34 heavy (non-hydrogen) atoms. The van der Waals surface area contributed by atoms with Crippen LogP contribution in [0.3, 0.4) is 0 Å². The Kier molecular flexibility index (Phi) is 11.3. The number of ether oxygens (including phenoxy) is 2. The number of hydrogen-bond donors (Lipinski definition) is 8. The summed E-state index contributed by atoms with van der Waals surface area (Å²) in [6, 6.07) is -3.73. The number of primary amides is 1. The van der Waals surface area contributed by atoms with Crippen LogP contribution in [0.4, 0.5) is 0 Å². The highest BCUT2D eigenvalue weighted by Gasteiger charge is 2.46. The maximum atomic E-state index is 12.5. The van der Waals surface area contributed by atoms with Gasteiger partial charge in [-0.1, -0.05) is 0 Å². The van der Waals surface area contributed by atoms with E-state index in [1.54, 1.807) is 0 Å². The maximum Gasteiger partial charge on any atom is 0.303 e. The monoisotopic (exact) mass is 492 g/mol. The van der Waals surface area contributed by atoms with Gasteiger partial charge in [-0.2, -0.15) is 0 Å². The highest BCUT2D eigenvalue weighted by molar-refractivity contribution is 5.92. The molecule has 1 rings (SSSR count). The molecule has 0 aromatic rings. The quantitative estimate of drug-likeness (QED) is 0.129. The number of carbonyl (C=O) groups is 5. The summed E-state index contributed by atoms with van der Waals surface area (Å²) in [5.74, 6) is -4.32. The van der Waals surface area contributed by atoms with E-state index < -0.39 is 91.5 Å². The van der Waals surface area contributed by atoms with E-state index in [1.807, 2.05) is 0 Å². The SMILES string of the molecule is CC(=O)N[C@H]1C(O)O[C@H](CO)[C@@H](O[C@H](C)C(=O)N[C@@H](C)C(=O)N[C@@H](CCC(=O)O)C(N)=O)[C@@H]1O. The fourth-order valence-corrected chi connectivity index (χ4v) is 3.18. The summed E-state index contributed by atoms with van der Waals surface area (Å²) in [5, 5.41) is 45.6. The minimum absolute atomic E-state index is 0.236. The number of carboxylic acids is 1. The third-order valence-corrected chi connectivity index (χ3v) is 5.03. The topological polar surface area (TPSA) is 247 Å². The molecular formula is C19H32N4O11. The van der Waals surface area contributed by atoms with Crippen LogP contribution in [0.15, 0.2) is 0 Å². The van der Waals surface area contributed by atoms with Gasteiger partial charge in [-0.25, -0.2) is 0 Å². The number of nitrogens with one attached hydrogen (secondary N) is 3. The van der Waals surface area contributed by atoms with Crippen LogP contribution in [0.25, 0.3) is 0 Å². The van der Waals surface area contributed by atoms with Crippen molar-refractivity contribution in [2.24, 2.45) is 5.73 Å². The number of aliphatic carboxylic acids is 1. The van der Waals surface area contributed by atoms with Crippen LogP contribution in [-0.4, -0.2) is 105 Å². The van der Waals surface area contributed by atoms with Crippen molar-refractivity contribution in [1.29, 1.82) is 0 Å². The molecule has 15 heteroatoms. The molecule has 194 valence electrons.